The summed E-state index contributed by atoms with van der Waals surface area (Å²) in [5.74, 6) is 0. The highest BCUT2D eigenvalue weighted by Gasteiger charge is 1.72. The van der Waals surface area contributed by atoms with Crippen LogP contribution in [0.25, 0.3) is 0 Å². The van der Waals surface area contributed by atoms with E-state index >= 15 is 0 Å². The molecule has 0 amide bonds. The topological polar surface area (TPSA) is 0 Å². The minimum atomic E-state index is 1.03. The standard InChI is InChI=1S/C12H18/c1-4-5-6-7-8-9-10-11-12(2)3/h4-9,11H,10H2,1-3H3/b5-4+,7-6+,9-8+. The summed E-state index contributed by atoms with van der Waals surface area (Å²) in [7, 11) is 0. The van der Waals surface area contributed by atoms with Gasteiger partial charge in [-0.15, -0.1) is 0 Å². The van der Waals surface area contributed by atoms with E-state index in [1.54, 1.807) is 0 Å². The van der Waals surface area contributed by atoms with E-state index < -0.39 is 0 Å². The third kappa shape index (κ3) is 8.96. The van der Waals surface area contributed by atoms with Crippen molar-refractivity contribution in [3.05, 3.63) is 48.1 Å². The monoisotopic (exact) mass is 162 g/mol. The van der Waals surface area contributed by atoms with Crippen molar-refractivity contribution in [2.24, 2.45) is 0 Å². The maximum atomic E-state index is 2.21. The lowest BCUT2D eigenvalue weighted by Crippen LogP contribution is -1.62. The van der Waals surface area contributed by atoms with Crippen molar-refractivity contribution < 1.29 is 0 Å². The summed E-state index contributed by atoms with van der Waals surface area (Å²) < 4.78 is 0. The lowest BCUT2D eigenvalue weighted by Gasteiger charge is -1.84. The van der Waals surface area contributed by atoms with Crippen LogP contribution >= 0.6 is 0 Å². The van der Waals surface area contributed by atoms with Crippen molar-refractivity contribution in [1.29, 1.82) is 0 Å². The van der Waals surface area contributed by atoms with Gasteiger partial charge in [0.05, 0.1) is 0 Å². The third-order valence-electron chi connectivity index (χ3n) is 1.32. The molecular weight excluding hydrogens is 144 g/mol. The molecule has 0 heterocycles. The van der Waals surface area contributed by atoms with Gasteiger partial charge in [0, 0.05) is 0 Å². The summed E-state index contributed by atoms with van der Waals surface area (Å²) in [5, 5.41) is 0. The molecule has 12 heavy (non-hydrogen) atoms. The zero-order chi connectivity index (χ0) is 9.23. The van der Waals surface area contributed by atoms with Gasteiger partial charge in [-0.1, -0.05) is 48.1 Å². The van der Waals surface area contributed by atoms with Crippen molar-refractivity contribution in [1.82, 2.24) is 0 Å². The fourth-order valence-corrected chi connectivity index (χ4v) is 0.700. The van der Waals surface area contributed by atoms with E-state index in [9.17, 15) is 0 Å². The molecule has 0 rings (SSSR count). The zero-order valence-corrected chi connectivity index (χ0v) is 8.25. The van der Waals surface area contributed by atoms with Crippen molar-refractivity contribution >= 4 is 0 Å². The third-order valence-corrected chi connectivity index (χ3v) is 1.32. The minimum absolute atomic E-state index is 1.03. The SMILES string of the molecule is C/C=C/C=C/C=C/CC=C(C)C. The predicted molar refractivity (Wildman–Crippen MR) is 57.1 cm³/mol. The zero-order valence-electron chi connectivity index (χ0n) is 8.25. The van der Waals surface area contributed by atoms with E-state index in [-0.39, 0.29) is 0 Å². The van der Waals surface area contributed by atoms with E-state index in [1.165, 1.54) is 5.57 Å². The summed E-state index contributed by atoms with van der Waals surface area (Å²) in [6.45, 7) is 6.24. The van der Waals surface area contributed by atoms with Crippen LogP contribution < -0.4 is 0 Å². The molecular formula is C12H18. The van der Waals surface area contributed by atoms with Gasteiger partial charge in [0.1, 0.15) is 0 Å². The Kier molecular flexibility index (Phi) is 7.36. The van der Waals surface area contributed by atoms with Crippen LogP contribution in [-0.2, 0) is 0 Å². The van der Waals surface area contributed by atoms with E-state index in [0.717, 1.165) is 6.42 Å². The fraction of sp³-hybridized carbons (Fsp3) is 0.333. The molecule has 0 unspecified atom stereocenters. The Bertz CT molecular complexity index is 198. The van der Waals surface area contributed by atoms with Gasteiger partial charge in [0.2, 0.25) is 0 Å². The van der Waals surface area contributed by atoms with Crippen LogP contribution in [0.5, 0.6) is 0 Å². The second-order valence-electron chi connectivity index (χ2n) is 2.86. The molecule has 0 aromatic rings. The molecule has 0 aliphatic heterocycles. The van der Waals surface area contributed by atoms with E-state index in [4.69, 9.17) is 0 Å². The van der Waals surface area contributed by atoms with Crippen molar-refractivity contribution in [3.63, 3.8) is 0 Å². The van der Waals surface area contributed by atoms with Gasteiger partial charge in [-0.3, -0.25) is 0 Å². The van der Waals surface area contributed by atoms with Gasteiger partial charge in [0.15, 0.2) is 0 Å². The highest BCUT2D eigenvalue weighted by atomic mass is 13.8. The van der Waals surface area contributed by atoms with Crippen LogP contribution in [0, 0.1) is 0 Å². The smallest absolute Gasteiger partial charge is 0.0164 e. The van der Waals surface area contributed by atoms with Crippen LogP contribution in [0.4, 0.5) is 0 Å². The molecule has 66 valence electrons. The Balaban J connectivity index is 3.57. The van der Waals surface area contributed by atoms with E-state index in [2.05, 4.69) is 32.1 Å². The minimum Gasteiger partial charge on any atom is -0.0877 e. The average molecular weight is 162 g/mol. The second-order valence-corrected chi connectivity index (χ2v) is 2.86. The van der Waals surface area contributed by atoms with Crippen molar-refractivity contribution in [3.8, 4) is 0 Å². The number of rotatable bonds is 4. The molecule has 0 bridgehead atoms. The Hall–Kier alpha value is -1.04. The Morgan fingerprint density at radius 2 is 1.67 bits per heavy atom. The lowest BCUT2D eigenvalue weighted by atomic mass is 10.2. The molecule has 0 radical (unpaired) electrons. The van der Waals surface area contributed by atoms with Crippen LogP contribution in [0.15, 0.2) is 48.1 Å². The molecule has 0 atom stereocenters. The summed E-state index contributed by atoms with van der Waals surface area (Å²) in [4.78, 5) is 0. The van der Waals surface area contributed by atoms with Gasteiger partial charge in [-0.25, -0.2) is 0 Å². The highest BCUT2D eigenvalue weighted by molar-refractivity contribution is 5.11. The first kappa shape index (κ1) is 11.0. The summed E-state index contributed by atoms with van der Waals surface area (Å²) in [6, 6.07) is 0. The molecule has 0 aromatic carbocycles. The summed E-state index contributed by atoms with van der Waals surface area (Å²) in [5.41, 5.74) is 1.37. The molecule has 0 aromatic heterocycles. The number of hydrogen-bond acceptors (Lipinski definition) is 0. The first-order chi connectivity index (χ1) is 5.77. The normalized spacial score (nSPS) is 11.9. The van der Waals surface area contributed by atoms with Gasteiger partial charge in [-0.2, -0.15) is 0 Å². The molecule has 0 aliphatic carbocycles. The maximum Gasteiger partial charge on any atom is -0.0164 e. The molecule has 0 aliphatic rings. The molecule has 0 saturated carbocycles. The Morgan fingerprint density at radius 1 is 1.00 bits per heavy atom. The first-order valence-corrected chi connectivity index (χ1v) is 4.35. The van der Waals surface area contributed by atoms with Gasteiger partial charge in [-0.05, 0) is 27.2 Å². The Morgan fingerprint density at radius 3 is 2.25 bits per heavy atom. The summed E-state index contributed by atoms with van der Waals surface area (Å²) >= 11 is 0. The average Bonchev–Trinajstić information content (AvgIpc) is 2.02. The van der Waals surface area contributed by atoms with Gasteiger partial charge in [0.25, 0.3) is 0 Å². The van der Waals surface area contributed by atoms with Crippen LogP contribution in [0.3, 0.4) is 0 Å². The molecule has 0 spiro atoms. The van der Waals surface area contributed by atoms with Crippen LogP contribution in [0.1, 0.15) is 27.2 Å². The number of allylic oxidation sites excluding steroid dienone is 8. The molecule has 0 fully saturated rings. The van der Waals surface area contributed by atoms with Gasteiger partial charge >= 0.3 is 0 Å². The molecule has 0 nitrogen and oxygen atoms in total. The largest absolute Gasteiger partial charge is 0.0877 e. The lowest BCUT2D eigenvalue weighted by molar-refractivity contribution is 1.28. The van der Waals surface area contributed by atoms with E-state index in [1.807, 2.05) is 31.2 Å². The van der Waals surface area contributed by atoms with Crippen LogP contribution in [-0.4, -0.2) is 0 Å². The van der Waals surface area contributed by atoms with Crippen molar-refractivity contribution in [2.75, 3.05) is 0 Å². The second kappa shape index (κ2) is 8.06. The highest BCUT2D eigenvalue weighted by Crippen LogP contribution is 1.93. The predicted octanol–water partition coefficient (Wildman–Crippen LogP) is 4.03. The fourth-order valence-electron chi connectivity index (χ4n) is 0.700. The quantitative estimate of drug-likeness (QED) is 0.432. The van der Waals surface area contributed by atoms with E-state index in [0.29, 0.717) is 0 Å². The molecule has 0 N–H and O–H groups in total. The van der Waals surface area contributed by atoms with Gasteiger partial charge < -0.3 is 0 Å². The maximum absolute atomic E-state index is 2.21. The van der Waals surface area contributed by atoms with Crippen LogP contribution in [0.2, 0.25) is 0 Å². The molecule has 0 heteroatoms. The Labute approximate surface area is 76.0 Å². The first-order valence-electron chi connectivity index (χ1n) is 4.35. The number of hydrogen-bond donors (Lipinski definition) is 0. The molecule has 0 saturated heterocycles. The van der Waals surface area contributed by atoms with Crippen molar-refractivity contribution in [2.45, 2.75) is 27.2 Å². The summed E-state index contributed by atoms with van der Waals surface area (Å²) in [6.07, 6.45) is 15.6.